The van der Waals surface area contributed by atoms with Crippen molar-refractivity contribution in [2.24, 2.45) is 0 Å². The lowest BCUT2D eigenvalue weighted by Crippen LogP contribution is -2.75. The summed E-state index contributed by atoms with van der Waals surface area (Å²) in [4.78, 5) is 0. The number of ether oxygens (including phenoxy) is 1. The first-order valence-corrected chi connectivity index (χ1v) is 5.53. The van der Waals surface area contributed by atoms with Crippen molar-refractivity contribution in [1.29, 1.82) is 0 Å². The van der Waals surface area contributed by atoms with Crippen molar-refractivity contribution in [1.82, 2.24) is 0 Å². The van der Waals surface area contributed by atoms with Gasteiger partial charge in [-0.15, -0.1) is 0 Å². The van der Waals surface area contributed by atoms with Gasteiger partial charge in [-0.05, 0) is 6.92 Å². The fraction of sp³-hybridized carbons (Fsp3) is 1.00. The monoisotopic (exact) mass is 414 g/mol. The van der Waals surface area contributed by atoms with E-state index in [4.69, 9.17) is 0 Å². The van der Waals surface area contributed by atoms with E-state index in [1.165, 1.54) is 0 Å². The molecule has 1 nitrogen and oxygen atoms in total. The van der Waals surface area contributed by atoms with Gasteiger partial charge < -0.3 is 4.74 Å². The van der Waals surface area contributed by atoms with Crippen molar-refractivity contribution >= 4 is 0 Å². The minimum Gasteiger partial charge on any atom is -0.316 e. The van der Waals surface area contributed by atoms with Gasteiger partial charge in [0.2, 0.25) is 0 Å². The van der Waals surface area contributed by atoms with Crippen LogP contribution in [0.4, 0.5) is 65.9 Å². The van der Waals surface area contributed by atoms with Gasteiger partial charge in [0, 0.05) is 0 Å². The van der Waals surface area contributed by atoms with E-state index in [1.54, 1.807) is 0 Å². The Labute approximate surface area is 127 Å². The fourth-order valence-electron chi connectivity index (χ4n) is 1.38. The minimum absolute atomic E-state index is 0.422. The van der Waals surface area contributed by atoms with Gasteiger partial charge in [0.15, 0.2) is 0 Å². The molecule has 0 radical (unpaired) electrons. The van der Waals surface area contributed by atoms with E-state index in [2.05, 4.69) is 4.74 Å². The average molecular weight is 414 g/mol. The maximum absolute atomic E-state index is 13.1. The first-order chi connectivity index (χ1) is 10.6. The van der Waals surface area contributed by atoms with Gasteiger partial charge >= 0.3 is 41.9 Å². The number of rotatable bonds is 6. The van der Waals surface area contributed by atoms with Crippen LogP contribution in [0.25, 0.3) is 0 Å². The molecule has 0 aromatic rings. The summed E-state index contributed by atoms with van der Waals surface area (Å²) >= 11 is 0. The molecule has 0 spiro atoms. The maximum Gasteiger partial charge on any atom is 0.438 e. The largest absolute Gasteiger partial charge is 0.438 e. The van der Waals surface area contributed by atoms with Crippen LogP contribution in [0.2, 0.25) is 0 Å². The average Bonchev–Trinajstić information content (AvgIpc) is 2.33. The van der Waals surface area contributed by atoms with E-state index in [0.29, 0.717) is 6.92 Å². The molecule has 0 rings (SSSR count). The van der Waals surface area contributed by atoms with Crippen molar-refractivity contribution in [3.8, 4) is 0 Å². The highest BCUT2D eigenvalue weighted by Gasteiger charge is 2.95. The molecule has 0 aromatic carbocycles. The van der Waals surface area contributed by atoms with Crippen LogP contribution in [0.5, 0.6) is 0 Å². The topological polar surface area (TPSA) is 9.23 Å². The summed E-state index contributed by atoms with van der Waals surface area (Å²) in [5.74, 6) is -24.2. The molecule has 0 aliphatic rings. The number of hydrogen-bond acceptors (Lipinski definition) is 1. The van der Waals surface area contributed by atoms with E-state index >= 15 is 0 Å². The third-order valence-electron chi connectivity index (χ3n) is 2.69. The molecule has 0 heterocycles. The van der Waals surface area contributed by atoms with E-state index in [9.17, 15) is 65.9 Å². The van der Waals surface area contributed by atoms with Crippen molar-refractivity contribution < 1.29 is 70.6 Å². The summed E-state index contributed by atoms with van der Waals surface area (Å²) in [6, 6.07) is 0. The van der Waals surface area contributed by atoms with Crippen LogP contribution in [0.1, 0.15) is 6.92 Å². The van der Waals surface area contributed by atoms with Crippen LogP contribution in [0.15, 0.2) is 0 Å². The zero-order chi connectivity index (χ0) is 20.9. The first-order valence-electron chi connectivity index (χ1n) is 5.53. The quantitative estimate of drug-likeness (QED) is 0.533. The molecule has 0 atom stereocenters. The molecule has 0 N–H and O–H groups in total. The van der Waals surface area contributed by atoms with Gasteiger partial charge in [-0.3, -0.25) is 0 Å². The van der Waals surface area contributed by atoms with Crippen LogP contribution < -0.4 is 0 Å². The Balaban J connectivity index is 6.64. The van der Waals surface area contributed by atoms with Gasteiger partial charge in [-0.2, -0.15) is 61.5 Å². The summed E-state index contributed by atoms with van der Waals surface area (Å²) in [7, 11) is 0. The summed E-state index contributed by atoms with van der Waals surface area (Å²) in [5.41, 5.74) is -8.28. The third-order valence-corrected chi connectivity index (χ3v) is 2.69. The SMILES string of the molecule is CCOC(F)(F)C(F)(F)C(F)(F)C(F)(F)C(F)(C(F)(F)F)C(F)(F)F. The van der Waals surface area contributed by atoms with E-state index < -0.39 is 48.5 Å². The molecule has 0 fully saturated rings. The van der Waals surface area contributed by atoms with Gasteiger partial charge in [-0.25, -0.2) is 4.39 Å². The highest BCUT2D eigenvalue weighted by Crippen LogP contribution is 2.63. The second-order valence-corrected chi connectivity index (χ2v) is 4.33. The summed E-state index contributed by atoms with van der Waals surface area (Å²) in [6.07, 6.45) is -22.5. The molecule has 16 heteroatoms. The van der Waals surface area contributed by atoms with E-state index in [1.807, 2.05) is 0 Å². The van der Waals surface area contributed by atoms with Gasteiger partial charge in [0.05, 0.1) is 6.61 Å². The van der Waals surface area contributed by atoms with Crippen LogP contribution in [0, 0.1) is 0 Å². The van der Waals surface area contributed by atoms with Crippen molar-refractivity contribution in [3.05, 3.63) is 0 Å². The third kappa shape index (κ3) is 3.09. The molecular weight excluding hydrogens is 409 g/mol. The summed E-state index contributed by atoms with van der Waals surface area (Å²) in [5, 5.41) is 0. The molecule has 0 saturated heterocycles. The molecule has 0 amide bonds. The maximum atomic E-state index is 13.1. The Morgan fingerprint density at radius 3 is 1.08 bits per heavy atom. The van der Waals surface area contributed by atoms with Crippen molar-refractivity contribution in [2.45, 2.75) is 48.8 Å². The predicted molar refractivity (Wildman–Crippen MR) is 47.4 cm³/mol. The standard InChI is InChI=1S/C9H5F15O/c1-2-25-9(23,24)6(15,16)5(13,14)4(11,12)3(10,7(17,18)19)8(20,21)22/h2H2,1H3. The van der Waals surface area contributed by atoms with Gasteiger partial charge in [0.25, 0.3) is 0 Å². The second kappa shape index (κ2) is 5.97. The lowest BCUT2D eigenvalue weighted by molar-refractivity contribution is -0.475. The Bertz CT molecular complexity index is 458. The second-order valence-electron chi connectivity index (χ2n) is 4.33. The van der Waals surface area contributed by atoms with E-state index in [0.717, 1.165) is 0 Å². The van der Waals surface area contributed by atoms with Crippen molar-refractivity contribution in [3.63, 3.8) is 0 Å². The molecule has 0 aliphatic heterocycles. The number of alkyl halides is 15. The number of hydrogen-bond donors (Lipinski definition) is 0. The smallest absolute Gasteiger partial charge is 0.316 e. The first kappa shape index (κ1) is 23.9. The lowest BCUT2D eigenvalue weighted by atomic mass is 9.87. The van der Waals surface area contributed by atoms with Gasteiger partial charge in [-0.1, -0.05) is 0 Å². The molecular formula is C9H5F15O. The summed E-state index contributed by atoms with van der Waals surface area (Å²) in [6.45, 7) is -1.17. The Kier molecular flexibility index (Phi) is 5.71. The lowest BCUT2D eigenvalue weighted by Gasteiger charge is -2.42. The number of halogens is 15. The van der Waals surface area contributed by atoms with Crippen molar-refractivity contribution in [2.75, 3.05) is 6.61 Å². The highest BCUT2D eigenvalue weighted by molar-refractivity contribution is 5.15. The van der Waals surface area contributed by atoms with Gasteiger partial charge in [0.1, 0.15) is 0 Å². The predicted octanol–water partition coefficient (Wildman–Crippen LogP) is 5.35. The highest BCUT2D eigenvalue weighted by atomic mass is 19.4. The Morgan fingerprint density at radius 1 is 0.520 bits per heavy atom. The van der Waals surface area contributed by atoms with Crippen LogP contribution in [-0.2, 0) is 4.74 Å². The fourth-order valence-corrected chi connectivity index (χ4v) is 1.38. The Hall–Kier alpha value is -1.09. The zero-order valence-electron chi connectivity index (χ0n) is 11.3. The molecule has 0 unspecified atom stereocenters. The molecule has 152 valence electrons. The zero-order valence-corrected chi connectivity index (χ0v) is 11.3. The van der Waals surface area contributed by atoms with Crippen LogP contribution >= 0.6 is 0 Å². The summed E-state index contributed by atoms with van der Waals surface area (Å²) < 4.78 is 192. The molecule has 0 bridgehead atoms. The molecule has 0 aromatic heterocycles. The molecule has 25 heavy (non-hydrogen) atoms. The van der Waals surface area contributed by atoms with Crippen LogP contribution in [0.3, 0.4) is 0 Å². The minimum atomic E-state index is -8.40. The van der Waals surface area contributed by atoms with Crippen LogP contribution in [-0.4, -0.2) is 48.5 Å². The molecule has 0 aliphatic carbocycles. The molecule has 0 saturated carbocycles. The normalized spacial score (nSPS) is 16.3. The van der Waals surface area contributed by atoms with E-state index in [-0.39, 0.29) is 0 Å². The Morgan fingerprint density at radius 2 is 0.840 bits per heavy atom.